The fourth-order valence-electron chi connectivity index (χ4n) is 2.31. The average Bonchev–Trinajstić information content (AvgIpc) is 2.23. The van der Waals surface area contributed by atoms with E-state index in [1.165, 1.54) is 25.3 Å². The van der Waals surface area contributed by atoms with Crippen molar-refractivity contribution in [2.75, 3.05) is 7.11 Å². The largest absolute Gasteiger partial charge is 0.390 e. The second-order valence-electron chi connectivity index (χ2n) is 4.54. The fraction of sp³-hybridized carbons (Fsp3) is 0.538. The van der Waals surface area contributed by atoms with Crippen LogP contribution in [0, 0.1) is 11.6 Å². The van der Waals surface area contributed by atoms with Crippen molar-refractivity contribution in [3.63, 3.8) is 0 Å². The molecule has 1 fully saturated rings. The Hall–Kier alpha value is -1.00. The number of ether oxygens (including phenoxy) is 1. The van der Waals surface area contributed by atoms with E-state index in [9.17, 15) is 13.9 Å². The van der Waals surface area contributed by atoms with Gasteiger partial charge in [-0.15, -0.1) is 0 Å². The summed E-state index contributed by atoms with van der Waals surface area (Å²) in [6.45, 7) is 0. The molecule has 1 aliphatic rings. The average molecular weight is 242 g/mol. The highest BCUT2D eigenvalue weighted by Crippen LogP contribution is 2.39. The summed E-state index contributed by atoms with van der Waals surface area (Å²) in [7, 11) is 1.53. The highest BCUT2D eigenvalue weighted by molar-refractivity contribution is 5.21. The lowest BCUT2D eigenvalue weighted by atomic mass is 9.74. The van der Waals surface area contributed by atoms with Crippen molar-refractivity contribution in [3.8, 4) is 0 Å². The van der Waals surface area contributed by atoms with Gasteiger partial charge in [0.1, 0.15) is 11.6 Å². The third-order valence-electron chi connectivity index (χ3n) is 3.67. The number of hydrogen-bond donors (Lipinski definition) is 1. The first-order valence-corrected chi connectivity index (χ1v) is 5.75. The van der Waals surface area contributed by atoms with Gasteiger partial charge in [-0.25, -0.2) is 8.78 Å². The van der Waals surface area contributed by atoms with Gasteiger partial charge in [-0.3, -0.25) is 0 Å². The predicted octanol–water partition coefficient (Wildman–Crippen LogP) is 2.44. The molecule has 17 heavy (non-hydrogen) atoms. The molecule has 0 aromatic heterocycles. The van der Waals surface area contributed by atoms with Crippen LogP contribution in [0.15, 0.2) is 18.2 Å². The number of hydrogen-bond acceptors (Lipinski definition) is 2. The van der Waals surface area contributed by atoms with Gasteiger partial charge in [-0.2, -0.15) is 0 Å². The zero-order chi connectivity index (χ0) is 12.5. The van der Waals surface area contributed by atoms with Crippen LogP contribution in [-0.2, 0) is 11.2 Å². The van der Waals surface area contributed by atoms with Crippen LogP contribution in [0.3, 0.4) is 0 Å². The van der Waals surface area contributed by atoms with Gasteiger partial charge in [-0.1, -0.05) is 6.07 Å². The molecule has 1 unspecified atom stereocenters. The monoisotopic (exact) mass is 242 g/mol. The zero-order valence-electron chi connectivity index (χ0n) is 9.75. The normalized spacial score (nSPS) is 19.8. The molecule has 2 nitrogen and oxygen atoms in total. The Bertz CT molecular complexity index is 377. The Morgan fingerprint density at radius 2 is 1.94 bits per heavy atom. The van der Waals surface area contributed by atoms with E-state index in [1.807, 2.05) is 0 Å². The van der Waals surface area contributed by atoms with Crippen molar-refractivity contribution in [3.05, 3.63) is 35.4 Å². The van der Waals surface area contributed by atoms with Gasteiger partial charge in [0, 0.05) is 19.1 Å². The molecule has 1 aromatic rings. The SMILES string of the molecule is COC1(C(O)Cc2c(F)cccc2F)CCC1. The molecule has 1 aliphatic carbocycles. The first-order valence-electron chi connectivity index (χ1n) is 5.75. The Kier molecular flexibility index (Phi) is 3.45. The zero-order valence-corrected chi connectivity index (χ0v) is 9.75. The van der Waals surface area contributed by atoms with Crippen molar-refractivity contribution in [2.24, 2.45) is 0 Å². The minimum absolute atomic E-state index is 0.0493. The third kappa shape index (κ3) is 2.19. The van der Waals surface area contributed by atoms with E-state index in [1.54, 1.807) is 0 Å². The molecule has 0 spiro atoms. The van der Waals surface area contributed by atoms with Crippen LogP contribution in [0.1, 0.15) is 24.8 Å². The first-order chi connectivity index (χ1) is 8.09. The number of rotatable bonds is 4. The summed E-state index contributed by atoms with van der Waals surface area (Å²) in [5.74, 6) is -1.23. The molecule has 4 heteroatoms. The number of halogens is 2. The molecule has 0 saturated heterocycles. The molecule has 0 aliphatic heterocycles. The molecule has 0 bridgehead atoms. The van der Waals surface area contributed by atoms with E-state index in [4.69, 9.17) is 4.74 Å². The Labute approximate surface area is 99.2 Å². The highest BCUT2D eigenvalue weighted by atomic mass is 19.1. The van der Waals surface area contributed by atoms with Crippen molar-refractivity contribution < 1.29 is 18.6 Å². The molecule has 2 rings (SSSR count). The van der Waals surface area contributed by atoms with E-state index in [0.717, 1.165) is 19.3 Å². The van der Waals surface area contributed by atoms with Gasteiger partial charge in [0.05, 0.1) is 11.7 Å². The Morgan fingerprint density at radius 1 is 1.35 bits per heavy atom. The van der Waals surface area contributed by atoms with E-state index in [-0.39, 0.29) is 12.0 Å². The van der Waals surface area contributed by atoms with Crippen molar-refractivity contribution in [1.82, 2.24) is 0 Å². The highest BCUT2D eigenvalue weighted by Gasteiger charge is 2.44. The molecular formula is C13H16F2O2. The molecule has 1 aromatic carbocycles. The Morgan fingerprint density at radius 3 is 2.35 bits per heavy atom. The van der Waals surface area contributed by atoms with Gasteiger partial charge in [0.15, 0.2) is 0 Å². The third-order valence-corrected chi connectivity index (χ3v) is 3.67. The van der Waals surface area contributed by atoms with Crippen molar-refractivity contribution in [1.29, 1.82) is 0 Å². The topological polar surface area (TPSA) is 29.5 Å². The standard InChI is InChI=1S/C13H16F2O2/c1-17-13(6-3-7-13)12(16)8-9-10(14)4-2-5-11(9)15/h2,4-5,12,16H,3,6-8H2,1H3. The van der Waals surface area contributed by atoms with Crippen LogP contribution >= 0.6 is 0 Å². The fourth-order valence-corrected chi connectivity index (χ4v) is 2.31. The number of aliphatic hydroxyl groups excluding tert-OH is 1. The summed E-state index contributed by atoms with van der Waals surface area (Å²) in [6.07, 6.45) is 1.53. The molecular weight excluding hydrogens is 226 g/mol. The lowest BCUT2D eigenvalue weighted by molar-refractivity contribution is -0.148. The van der Waals surface area contributed by atoms with Gasteiger partial charge >= 0.3 is 0 Å². The van der Waals surface area contributed by atoms with Gasteiger partial charge < -0.3 is 9.84 Å². The van der Waals surface area contributed by atoms with E-state index < -0.39 is 23.3 Å². The Balaban J connectivity index is 2.15. The number of aliphatic hydroxyl groups is 1. The first kappa shape index (κ1) is 12.5. The van der Waals surface area contributed by atoms with Crippen LogP contribution in [0.25, 0.3) is 0 Å². The maximum atomic E-state index is 13.4. The molecule has 0 heterocycles. The van der Waals surface area contributed by atoms with Crippen LogP contribution in [0.4, 0.5) is 8.78 Å². The maximum Gasteiger partial charge on any atom is 0.129 e. The lowest BCUT2D eigenvalue weighted by Gasteiger charge is -2.44. The summed E-state index contributed by atoms with van der Waals surface area (Å²) in [5.41, 5.74) is -0.683. The lowest BCUT2D eigenvalue weighted by Crippen LogP contribution is -2.51. The molecule has 1 N–H and O–H groups in total. The summed E-state index contributed by atoms with van der Waals surface area (Å²) >= 11 is 0. The quantitative estimate of drug-likeness (QED) is 0.878. The van der Waals surface area contributed by atoms with Crippen molar-refractivity contribution >= 4 is 0 Å². The summed E-state index contributed by atoms with van der Waals surface area (Å²) in [6, 6.07) is 3.72. The summed E-state index contributed by atoms with van der Waals surface area (Å²) in [4.78, 5) is 0. The second kappa shape index (κ2) is 4.70. The van der Waals surface area contributed by atoms with Crippen molar-refractivity contribution in [2.45, 2.75) is 37.4 Å². The van der Waals surface area contributed by atoms with Crippen LogP contribution < -0.4 is 0 Å². The molecule has 94 valence electrons. The number of benzene rings is 1. The van der Waals surface area contributed by atoms with Gasteiger partial charge in [0.2, 0.25) is 0 Å². The van der Waals surface area contributed by atoms with Crippen LogP contribution in [-0.4, -0.2) is 23.9 Å². The number of methoxy groups -OCH3 is 1. The summed E-state index contributed by atoms with van der Waals surface area (Å²) < 4.78 is 32.2. The van der Waals surface area contributed by atoms with E-state index in [0.29, 0.717) is 0 Å². The van der Waals surface area contributed by atoms with Gasteiger partial charge in [0.25, 0.3) is 0 Å². The van der Waals surface area contributed by atoms with Gasteiger partial charge in [-0.05, 0) is 31.4 Å². The molecule has 0 amide bonds. The molecule has 1 atom stereocenters. The maximum absolute atomic E-state index is 13.4. The smallest absolute Gasteiger partial charge is 0.129 e. The predicted molar refractivity (Wildman–Crippen MR) is 59.7 cm³/mol. The van der Waals surface area contributed by atoms with Crippen LogP contribution in [0.2, 0.25) is 0 Å². The summed E-state index contributed by atoms with van der Waals surface area (Å²) in [5, 5.41) is 10.1. The van der Waals surface area contributed by atoms with E-state index >= 15 is 0 Å². The molecule has 0 radical (unpaired) electrons. The minimum Gasteiger partial charge on any atom is -0.390 e. The van der Waals surface area contributed by atoms with E-state index in [2.05, 4.69) is 0 Å². The van der Waals surface area contributed by atoms with Crippen LogP contribution in [0.5, 0.6) is 0 Å². The minimum atomic E-state index is -0.868. The molecule has 1 saturated carbocycles. The second-order valence-corrected chi connectivity index (χ2v) is 4.54.